The van der Waals surface area contributed by atoms with Gasteiger partial charge in [0.25, 0.3) is 5.56 Å². The minimum atomic E-state index is -0.542. The molecule has 1 aliphatic heterocycles. The van der Waals surface area contributed by atoms with Crippen molar-refractivity contribution in [2.75, 3.05) is 6.61 Å². The van der Waals surface area contributed by atoms with Crippen molar-refractivity contribution in [3.8, 4) is 5.75 Å². The topological polar surface area (TPSA) is 70.3 Å². The van der Waals surface area contributed by atoms with Crippen LogP contribution in [0.5, 0.6) is 5.75 Å². The fraction of sp³-hybridized carbons (Fsp3) is 0.188. The minimum absolute atomic E-state index is 0.0243. The molecule has 0 saturated carbocycles. The summed E-state index contributed by atoms with van der Waals surface area (Å²) in [5, 5.41) is 0. The molecule has 0 N–H and O–H groups in total. The average Bonchev–Trinajstić information content (AvgIpc) is 2.53. The Hall–Kier alpha value is -2.96. The van der Waals surface area contributed by atoms with Crippen LogP contribution in [0.1, 0.15) is 15.9 Å². The summed E-state index contributed by atoms with van der Waals surface area (Å²) in [7, 11) is 2.87. The Bertz CT molecular complexity index is 969. The number of carbonyl (C=O) groups is 1. The Morgan fingerprint density at radius 1 is 1.22 bits per heavy atom. The first-order chi connectivity index (χ1) is 10.9. The number of nitrogens with zero attached hydrogens (tertiary/aromatic N) is 2. The summed E-state index contributed by atoms with van der Waals surface area (Å²) in [6.07, 6.45) is 2.73. The van der Waals surface area contributed by atoms with E-state index in [0.29, 0.717) is 5.75 Å². The molecule has 0 amide bonds. The quantitative estimate of drug-likeness (QED) is 0.732. The molecule has 1 aromatic heterocycles. The maximum Gasteiger partial charge on any atom is 0.330 e. The second-order valence-electron chi connectivity index (χ2n) is 5.27. The summed E-state index contributed by atoms with van der Waals surface area (Å²) < 4.78 is 20.9. The number of carbonyl (C=O) groups excluding carboxylic acids is 1. The molecule has 7 heteroatoms. The van der Waals surface area contributed by atoms with E-state index < -0.39 is 22.8 Å². The van der Waals surface area contributed by atoms with Gasteiger partial charge in [-0.25, -0.2) is 9.18 Å². The molecule has 0 bridgehead atoms. The molecule has 1 aliphatic rings. The van der Waals surface area contributed by atoms with Crippen LogP contribution in [0, 0.1) is 5.82 Å². The molecule has 0 atom stereocenters. The van der Waals surface area contributed by atoms with Gasteiger partial charge in [-0.1, -0.05) is 0 Å². The maximum atomic E-state index is 13.3. The van der Waals surface area contributed by atoms with Crippen LogP contribution >= 0.6 is 0 Å². The Morgan fingerprint density at radius 3 is 2.70 bits per heavy atom. The van der Waals surface area contributed by atoms with Gasteiger partial charge in [-0.05, 0) is 24.3 Å². The van der Waals surface area contributed by atoms with E-state index in [4.69, 9.17) is 4.74 Å². The lowest BCUT2D eigenvalue weighted by Crippen LogP contribution is -2.37. The number of ketones is 1. The van der Waals surface area contributed by atoms with E-state index in [0.717, 1.165) is 10.6 Å². The van der Waals surface area contributed by atoms with Crippen molar-refractivity contribution in [2.24, 2.45) is 14.1 Å². The van der Waals surface area contributed by atoms with Crippen LogP contribution in [0.4, 0.5) is 4.39 Å². The van der Waals surface area contributed by atoms with E-state index in [1.165, 1.54) is 43.1 Å². The first kappa shape index (κ1) is 15.0. The number of halogens is 1. The Kier molecular flexibility index (Phi) is 3.48. The molecule has 2 aromatic rings. The Balaban J connectivity index is 2.11. The summed E-state index contributed by atoms with van der Waals surface area (Å²) in [4.78, 5) is 36.2. The molecule has 0 radical (unpaired) electrons. The van der Waals surface area contributed by atoms with Crippen molar-refractivity contribution in [1.82, 2.24) is 9.13 Å². The van der Waals surface area contributed by atoms with Crippen LogP contribution in [-0.2, 0) is 14.1 Å². The molecule has 0 aliphatic carbocycles. The zero-order chi connectivity index (χ0) is 16.7. The van der Waals surface area contributed by atoms with Crippen molar-refractivity contribution < 1.29 is 13.9 Å². The highest BCUT2D eigenvalue weighted by Gasteiger charge is 2.24. The second kappa shape index (κ2) is 5.35. The Labute approximate surface area is 130 Å². The van der Waals surface area contributed by atoms with Crippen LogP contribution in [0.15, 0.2) is 39.6 Å². The number of Topliss-reactive ketones (excluding diaryl/α,β-unsaturated/α-hetero) is 1. The summed E-state index contributed by atoms with van der Waals surface area (Å²) in [6.45, 7) is -0.0243. The Morgan fingerprint density at radius 2 is 1.96 bits per heavy atom. The number of benzene rings is 1. The lowest BCUT2D eigenvalue weighted by Gasteiger charge is -2.18. The van der Waals surface area contributed by atoms with Crippen molar-refractivity contribution in [3.63, 3.8) is 0 Å². The van der Waals surface area contributed by atoms with E-state index in [-0.39, 0.29) is 23.3 Å². The molecule has 0 unspecified atom stereocenters. The first-order valence-electron chi connectivity index (χ1n) is 6.83. The van der Waals surface area contributed by atoms with Gasteiger partial charge in [0.2, 0.25) is 0 Å². The normalized spacial score (nSPS) is 15.4. The number of hydrogen-bond acceptors (Lipinski definition) is 4. The van der Waals surface area contributed by atoms with Crippen molar-refractivity contribution in [3.05, 3.63) is 67.8 Å². The highest BCUT2D eigenvalue weighted by atomic mass is 19.1. The maximum absolute atomic E-state index is 13.3. The molecule has 0 fully saturated rings. The molecule has 2 heterocycles. The van der Waals surface area contributed by atoms with Gasteiger partial charge >= 0.3 is 5.69 Å². The second-order valence-corrected chi connectivity index (χ2v) is 5.27. The van der Waals surface area contributed by atoms with E-state index >= 15 is 0 Å². The molecule has 23 heavy (non-hydrogen) atoms. The van der Waals surface area contributed by atoms with Crippen LogP contribution in [0.25, 0.3) is 6.08 Å². The van der Waals surface area contributed by atoms with Gasteiger partial charge in [0, 0.05) is 25.9 Å². The molecule has 0 saturated heterocycles. The number of aromatic nitrogens is 2. The third-order valence-corrected chi connectivity index (χ3v) is 3.66. The summed E-state index contributed by atoms with van der Waals surface area (Å²) >= 11 is 0. The van der Waals surface area contributed by atoms with Crippen molar-refractivity contribution in [2.45, 2.75) is 0 Å². The molecular formula is C16H13FN2O4. The lowest BCUT2D eigenvalue weighted by molar-refractivity contribution is 0.1000. The predicted octanol–water partition coefficient (Wildman–Crippen LogP) is 0.882. The molecule has 6 nitrogen and oxygen atoms in total. The van der Waals surface area contributed by atoms with E-state index in [1.54, 1.807) is 0 Å². The van der Waals surface area contributed by atoms with Crippen LogP contribution in [0.3, 0.4) is 0 Å². The number of hydrogen-bond donors (Lipinski definition) is 0. The summed E-state index contributed by atoms with van der Waals surface area (Å²) in [5.74, 6) is -0.636. The smallest absolute Gasteiger partial charge is 0.330 e. The van der Waals surface area contributed by atoms with Crippen molar-refractivity contribution in [1.29, 1.82) is 0 Å². The number of rotatable bonds is 1. The SMILES string of the molecule is Cn1cc(C=C2COc3ccc(F)cc3C2=O)c(=O)n(C)c1=O. The summed E-state index contributed by atoms with van der Waals surface area (Å²) in [6, 6.07) is 3.71. The third-order valence-electron chi connectivity index (χ3n) is 3.66. The van der Waals surface area contributed by atoms with E-state index in [9.17, 15) is 18.8 Å². The van der Waals surface area contributed by atoms with Gasteiger partial charge in [-0.3, -0.25) is 14.2 Å². The van der Waals surface area contributed by atoms with E-state index in [2.05, 4.69) is 0 Å². The lowest BCUT2D eigenvalue weighted by atomic mass is 9.99. The van der Waals surface area contributed by atoms with Gasteiger partial charge in [0.05, 0.1) is 11.1 Å². The summed E-state index contributed by atoms with van der Waals surface area (Å²) in [5.41, 5.74) is -0.460. The van der Waals surface area contributed by atoms with Crippen LogP contribution in [0.2, 0.25) is 0 Å². The minimum Gasteiger partial charge on any atom is -0.488 e. The van der Waals surface area contributed by atoms with Crippen LogP contribution < -0.4 is 16.0 Å². The molecule has 3 rings (SSSR count). The monoisotopic (exact) mass is 316 g/mol. The van der Waals surface area contributed by atoms with Gasteiger partial charge < -0.3 is 9.30 Å². The predicted molar refractivity (Wildman–Crippen MR) is 81.1 cm³/mol. The van der Waals surface area contributed by atoms with Crippen LogP contribution in [-0.4, -0.2) is 21.5 Å². The fourth-order valence-electron chi connectivity index (χ4n) is 2.43. The fourth-order valence-corrected chi connectivity index (χ4v) is 2.43. The number of ether oxygens (including phenoxy) is 1. The van der Waals surface area contributed by atoms with Crippen molar-refractivity contribution >= 4 is 11.9 Å². The average molecular weight is 316 g/mol. The first-order valence-corrected chi connectivity index (χ1v) is 6.83. The van der Waals surface area contributed by atoms with Gasteiger partial charge in [-0.2, -0.15) is 0 Å². The molecular weight excluding hydrogens is 303 g/mol. The van der Waals surface area contributed by atoms with Gasteiger partial charge in [0.15, 0.2) is 5.78 Å². The standard InChI is InChI=1S/C16H13FN2O4/c1-18-7-9(15(21)19(2)16(18)22)5-10-8-23-13-4-3-11(17)6-12(13)14(10)20/h3-7H,8H2,1-2H3. The van der Waals surface area contributed by atoms with E-state index in [1.807, 2.05) is 0 Å². The largest absolute Gasteiger partial charge is 0.488 e. The molecule has 1 aromatic carbocycles. The zero-order valence-electron chi connectivity index (χ0n) is 12.5. The van der Waals surface area contributed by atoms with Gasteiger partial charge in [0.1, 0.15) is 18.2 Å². The highest BCUT2D eigenvalue weighted by molar-refractivity contribution is 6.14. The highest BCUT2D eigenvalue weighted by Crippen LogP contribution is 2.28. The molecule has 0 spiro atoms. The number of fused-ring (bicyclic) bond motifs is 1. The number of aryl methyl sites for hydroxylation is 1. The van der Waals surface area contributed by atoms with Gasteiger partial charge in [-0.15, -0.1) is 0 Å². The molecule has 118 valence electrons. The third kappa shape index (κ3) is 2.50. The zero-order valence-corrected chi connectivity index (χ0v) is 12.5.